The minimum absolute atomic E-state index is 0.0974. The molecule has 0 saturated heterocycles. The molecule has 0 aliphatic rings. The molecule has 1 atom stereocenters. The van der Waals surface area contributed by atoms with Gasteiger partial charge in [-0.3, -0.25) is 11.3 Å². The molecule has 2 nitrogen and oxygen atoms in total. The zero-order valence-electron chi connectivity index (χ0n) is 10.3. The van der Waals surface area contributed by atoms with Gasteiger partial charge in [0, 0.05) is 15.9 Å². The van der Waals surface area contributed by atoms with Crippen LogP contribution in [0, 0.1) is 6.92 Å². The number of rotatable bonds is 5. The van der Waals surface area contributed by atoms with Crippen molar-refractivity contribution in [3.8, 4) is 0 Å². The van der Waals surface area contributed by atoms with Crippen LogP contribution in [0.2, 0.25) is 5.02 Å². The van der Waals surface area contributed by atoms with Gasteiger partial charge in [-0.05, 0) is 48.4 Å². The van der Waals surface area contributed by atoms with Gasteiger partial charge >= 0.3 is 0 Å². The van der Waals surface area contributed by atoms with E-state index in [1.54, 1.807) is 11.3 Å². The van der Waals surface area contributed by atoms with Crippen molar-refractivity contribution in [3.05, 3.63) is 56.7 Å². The molecule has 2 aromatic rings. The molecular weight excluding hydrogens is 264 g/mol. The number of aryl methyl sites for hydroxylation is 2. The van der Waals surface area contributed by atoms with Crippen LogP contribution in [0.25, 0.3) is 0 Å². The Labute approximate surface area is 117 Å². The lowest BCUT2D eigenvalue weighted by atomic mass is 10.0. The number of hydrazine groups is 1. The lowest BCUT2D eigenvalue weighted by molar-refractivity contribution is 0.518. The number of hydrogen-bond acceptors (Lipinski definition) is 3. The van der Waals surface area contributed by atoms with E-state index in [-0.39, 0.29) is 6.04 Å². The first-order chi connectivity index (χ1) is 8.70. The van der Waals surface area contributed by atoms with Gasteiger partial charge in [-0.2, -0.15) is 0 Å². The molecule has 0 amide bonds. The molecule has 1 heterocycles. The van der Waals surface area contributed by atoms with Crippen LogP contribution in [0.15, 0.2) is 35.7 Å². The van der Waals surface area contributed by atoms with E-state index in [1.807, 2.05) is 13.0 Å². The molecular formula is C14H17ClN2S. The standard InChI is InChI=1S/C14H17ClN2S/c1-10-4-6-12(13(15)9-10)14(17-16)7-5-11-3-2-8-18-11/h2-4,6,8-9,14,17H,5,7,16H2,1H3. The van der Waals surface area contributed by atoms with Crippen molar-refractivity contribution in [2.45, 2.75) is 25.8 Å². The summed E-state index contributed by atoms with van der Waals surface area (Å²) in [4.78, 5) is 1.37. The van der Waals surface area contributed by atoms with Gasteiger partial charge in [-0.1, -0.05) is 29.8 Å². The normalized spacial score (nSPS) is 12.6. The van der Waals surface area contributed by atoms with E-state index in [1.165, 1.54) is 4.88 Å². The van der Waals surface area contributed by atoms with Crippen molar-refractivity contribution in [1.82, 2.24) is 5.43 Å². The Morgan fingerprint density at radius 2 is 2.22 bits per heavy atom. The van der Waals surface area contributed by atoms with Crippen molar-refractivity contribution in [1.29, 1.82) is 0 Å². The van der Waals surface area contributed by atoms with Crippen molar-refractivity contribution >= 4 is 22.9 Å². The predicted molar refractivity (Wildman–Crippen MR) is 78.9 cm³/mol. The second-order valence-corrected chi connectivity index (χ2v) is 5.80. The summed E-state index contributed by atoms with van der Waals surface area (Å²) in [5, 5.41) is 2.88. The third kappa shape index (κ3) is 3.33. The third-order valence-corrected chi connectivity index (χ3v) is 4.26. The Balaban J connectivity index is 2.08. The van der Waals surface area contributed by atoms with Gasteiger partial charge in [0.15, 0.2) is 0 Å². The lowest BCUT2D eigenvalue weighted by Gasteiger charge is -2.17. The largest absolute Gasteiger partial charge is 0.271 e. The molecule has 0 aliphatic heterocycles. The molecule has 0 bridgehead atoms. The molecule has 0 saturated carbocycles. The average molecular weight is 281 g/mol. The van der Waals surface area contributed by atoms with E-state index in [9.17, 15) is 0 Å². The maximum absolute atomic E-state index is 6.27. The average Bonchev–Trinajstić information content (AvgIpc) is 2.85. The monoisotopic (exact) mass is 280 g/mol. The van der Waals surface area contributed by atoms with Crippen LogP contribution in [-0.4, -0.2) is 0 Å². The summed E-state index contributed by atoms with van der Waals surface area (Å²) in [5.41, 5.74) is 5.10. The first kappa shape index (κ1) is 13.6. The minimum atomic E-state index is 0.0974. The molecule has 0 radical (unpaired) electrons. The van der Waals surface area contributed by atoms with Crippen molar-refractivity contribution in [3.63, 3.8) is 0 Å². The number of nitrogens with two attached hydrogens (primary N) is 1. The Morgan fingerprint density at radius 3 is 2.83 bits per heavy atom. The Bertz CT molecular complexity index is 497. The van der Waals surface area contributed by atoms with Crippen LogP contribution in [-0.2, 0) is 6.42 Å². The van der Waals surface area contributed by atoms with Gasteiger partial charge in [0.1, 0.15) is 0 Å². The number of hydrogen-bond donors (Lipinski definition) is 2. The summed E-state index contributed by atoms with van der Waals surface area (Å²) in [6.45, 7) is 2.03. The topological polar surface area (TPSA) is 38.0 Å². The molecule has 0 aliphatic carbocycles. The van der Waals surface area contributed by atoms with Crippen molar-refractivity contribution in [2.24, 2.45) is 5.84 Å². The fourth-order valence-corrected chi connectivity index (χ4v) is 3.08. The molecule has 4 heteroatoms. The van der Waals surface area contributed by atoms with Crippen LogP contribution < -0.4 is 11.3 Å². The summed E-state index contributed by atoms with van der Waals surface area (Å²) >= 11 is 8.05. The van der Waals surface area contributed by atoms with E-state index in [4.69, 9.17) is 17.4 Å². The molecule has 18 heavy (non-hydrogen) atoms. The van der Waals surface area contributed by atoms with Crippen LogP contribution >= 0.6 is 22.9 Å². The van der Waals surface area contributed by atoms with Gasteiger partial charge < -0.3 is 0 Å². The highest BCUT2D eigenvalue weighted by Crippen LogP contribution is 2.27. The smallest absolute Gasteiger partial charge is 0.0478 e. The number of halogens is 1. The highest BCUT2D eigenvalue weighted by atomic mass is 35.5. The van der Waals surface area contributed by atoms with Crippen LogP contribution in [0.5, 0.6) is 0 Å². The summed E-state index contributed by atoms with van der Waals surface area (Å²) in [6, 6.07) is 10.4. The minimum Gasteiger partial charge on any atom is -0.271 e. The quantitative estimate of drug-likeness (QED) is 0.645. The zero-order valence-corrected chi connectivity index (χ0v) is 11.9. The van der Waals surface area contributed by atoms with Crippen molar-refractivity contribution < 1.29 is 0 Å². The molecule has 96 valence electrons. The van der Waals surface area contributed by atoms with E-state index >= 15 is 0 Å². The first-order valence-corrected chi connectivity index (χ1v) is 7.21. The van der Waals surface area contributed by atoms with Gasteiger partial charge in [-0.15, -0.1) is 11.3 Å². The molecule has 2 rings (SSSR count). The van der Waals surface area contributed by atoms with Gasteiger partial charge in [0.25, 0.3) is 0 Å². The van der Waals surface area contributed by atoms with Gasteiger partial charge in [0.2, 0.25) is 0 Å². The van der Waals surface area contributed by atoms with Gasteiger partial charge in [-0.25, -0.2) is 0 Å². The Kier molecular flexibility index (Phi) is 4.78. The van der Waals surface area contributed by atoms with E-state index in [2.05, 4.69) is 35.1 Å². The molecule has 1 aromatic heterocycles. The molecule has 0 fully saturated rings. The van der Waals surface area contributed by atoms with E-state index in [0.29, 0.717) is 0 Å². The Hall–Kier alpha value is -0.870. The van der Waals surface area contributed by atoms with Crippen LogP contribution in [0.4, 0.5) is 0 Å². The maximum atomic E-state index is 6.27. The number of benzene rings is 1. The van der Waals surface area contributed by atoms with Crippen LogP contribution in [0.1, 0.15) is 28.5 Å². The zero-order chi connectivity index (χ0) is 13.0. The van der Waals surface area contributed by atoms with E-state index in [0.717, 1.165) is 29.0 Å². The summed E-state index contributed by atoms with van der Waals surface area (Å²) < 4.78 is 0. The number of thiophene rings is 1. The summed E-state index contributed by atoms with van der Waals surface area (Å²) in [5.74, 6) is 5.65. The maximum Gasteiger partial charge on any atom is 0.0478 e. The fourth-order valence-electron chi connectivity index (χ4n) is 1.98. The predicted octanol–water partition coefficient (Wildman–Crippen LogP) is 3.85. The fraction of sp³-hybridized carbons (Fsp3) is 0.286. The molecule has 0 spiro atoms. The molecule has 3 N–H and O–H groups in total. The summed E-state index contributed by atoms with van der Waals surface area (Å²) in [7, 11) is 0. The summed E-state index contributed by atoms with van der Waals surface area (Å²) in [6.07, 6.45) is 1.95. The van der Waals surface area contributed by atoms with Gasteiger partial charge in [0.05, 0.1) is 0 Å². The molecule has 1 aromatic carbocycles. The highest BCUT2D eigenvalue weighted by Gasteiger charge is 2.13. The second-order valence-electron chi connectivity index (χ2n) is 4.36. The lowest BCUT2D eigenvalue weighted by Crippen LogP contribution is -2.28. The first-order valence-electron chi connectivity index (χ1n) is 5.95. The SMILES string of the molecule is Cc1ccc(C(CCc2cccs2)NN)c(Cl)c1. The van der Waals surface area contributed by atoms with Crippen LogP contribution in [0.3, 0.4) is 0 Å². The molecule has 1 unspecified atom stereocenters. The highest BCUT2D eigenvalue weighted by molar-refractivity contribution is 7.09. The third-order valence-electron chi connectivity index (χ3n) is 2.99. The Morgan fingerprint density at radius 1 is 1.39 bits per heavy atom. The second kappa shape index (κ2) is 6.34. The van der Waals surface area contributed by atoms with E-state index < -0.39 is 0 Å². The van der Waals surface area contributed by atoms with Crippen molar-refractivity contribution in [2.75, 3.05) is 0 Å². The number of nitrogens with one attached hydrogen (secondary N) is 1.